The molecule has 0 aromatic heterocycles. The Bertz CT molecular complexity index is 177. The quantitative estimate of drug-likeness (QED) is 0.589. The summed E-state index contributed by atoms with van der Waals surface area (Å²) in [6.45, 7) is 2.00. The van der Waals surface area contributed by atoms with Gasteiger partial charge in [0, 0.05) is 0 Å². The van der Waals surface area contributed by atoms with Crippen molar-refractivity contribution in [2.24, 2.45) is 5.41 Å². The fourth-order valence-corrected chi connectivity index (χ4v) is 1.35. The number of rotatable bonds is 4. The summed E-state index contributed by atoms with van der Waals surface area (Å²) in [6, 6.07) is -0.296. The summed E-state index contributed by atoms with van der Waals surface area (Å²) in [4.78, 5) is 10.3. The van der Waals surface area contributed by atoms with Gasteiger partial charge in [-0.2, -0.15) is 0 Å². The Morgan fingerprint density at radius 3 is 2.58 bits per heavy atom. The number of carbonyl (C=O) groups is 1. The molecule has 1 unspecified atom stereocenters. The molecule has 0 saturated heterocycles. The van der Waals surface area contributed by atoms with Gasteiger partial charge in [-0.1, -0.05) is 6.92 Å². The van der Waals surface area contributed by atoms with E-state index in [9.17, 15) is 4.79 Å². The average molecular weight is 173 g/mol. The van der Waals surface area contributed by atoms with Crippen LogP contribution in [0.4, 0.5) is 4.79 Å². The van der Waals surface area contributed by atoms with Gasteiger partial charge in [0.25, 0.3) is 0 Å². The lowest BCUT2D eigenvalue weighted by Crippen LogP contribution is -2.37. The van der Waals surface area contributed by atoms with E-state index in [4.69, 9.17) is 10.2 Å². The number of hydrogen-bond acceptors (Lipinski definition) is 2. The summed E-state index contributed by atoms with van der Waals surface area (Å²) in [7, 11) is 0. The Morgan fingerprint density at radius 1 is 1.67 bits per heavy atom. The lowest BCUT2D eigenvalue weighted by Gasteiger charge is -2.17. The normalized spacial score (nSPS) is 21.5. The van der Waals surface area contributed by atoms with Gasteiger partial charge in [0.2, 0.25) is 0 Å². The van der Waals surface area contributed by atoms with E-state index >= 15 is 0 Å². The molecule has 1 amide bonds. The second-order valence-corrected chi connectivity index (χ2v) is 3.84. The van der Waals surface area contributed by atoms with Crippen molar-refractivity contribution in [1.29, 1.82) is 0 Å². The number of nitrogens with one attached hydrogen (secondary N) is 1. The Labute approximate surface area is 71.6 Å². The van der Waals surface area contributed by atoms with Gasteiger partial charge in [-0.25, -0.2) is 4.79 Å². The Morgan fingerprint density at radius 2 is 2.25 bits per heavy atom. The van der Waals surface area contributed by atoms with Crippen LogP contribution >= 0.6 is 0 Å². The maximum absolute atomic E-state index is 10.3. The second kappa shape index (κ2) is 3.31. The van der Waals surface area contributed by atoms with Crippen LogP contribution in [-0.4, -0.2) is 29.0 Å². The van der Waals surface area contributed by atoms with Gasteiger partial charge in [0.15, 0.2) is 0 Å². The van der Waals surface area contributed by atoms with E-state index in [0.29, 0.717) is 0 Å². The van der Waals surface area contributed by atoms with Crippen LogP contribution in [0.5, 0.6) is 0 Å². The highest BCUT2D eigenvalue weighted by atomic mass is 16.4. The third-order valence-corrected chi connectivity index (χ3v) is 2.39. The molecule has 0 aromatic carbocycles. The molecule has 0 aliphatic heterocycles. The van der Waals surface area contributed by atoms with Crippen LogP contribution in [0.1, 0.15) is 26.2 Å². The molecule has 0 aromatic rings. The molecule has 70 valence electrons. The van der Waals surface area contributed by atoms with E-state index in [2.05, 4.69) is 12.2 Å². The highest BCUT2D eigenvalue weighted by molar-refractivity contribution is 5.64. The first-order valence-corrected chi connectivity index (χ1v) is 4.16. The topological polar surface area (TPSA) is 69.6 Å². The zero-order chi connectivity index (χ0) is 9.19. The van der Waals surface area contributed by atoms with Crippen LogP contribution in [0.15, 0.2) is 0 Å². The summed E-state index contributed by atoms with van der Waals surface area (Å²) in [5.41, 5.74) is 0.274. The predicted octanol–water partition coefficient (Wildman–Crippen LogP) is 0.805. The van der Waals surface area contributed by atoms with Crippen molar-refractivity contribution in [2.45, 2.75) is 32.2 Å². The molecule has 0 heterocycles. The van der Waals surface area contributed by atoms with E-state index in [1.165, 1.54) is 0 Å². The molecule has 1 atom stereocenters. The summed E-state index contributed by atoms with van der Waals surface area (Å²) in [5.74, 6) is 0. The minimum absolute atomic E-state index is 0.109. The van der Waals surface area contributed by atoms with Crippen molar-refractivity contribution in [3.8, 4) is 0 Å². The largest absolute Gasteiger partial charge is 0.465 e. The third kappa shape index (κ3) is 2.70. The second-order valence-electron chi connectivity index (χ2n) is 3.84. The van der Waals surface area contributed by atoms with E-state index in [0.717, 1.165) is 19.3 Å². The number of aliphatic hydroxyl groups excluding tert-OH is 1. The maximum atomic E-state index is 10.3. The first-order chi connectivity index (χ1) is 5.56. The summed E-state index contributed by atoms with van der Waals surface area (Å²) in [5, 5.41) is 19.5. The van der Waals surface area contributed by atoms with Crippen LogP contribution in [0.25, 0.3) is 0 Å². The van der Waals surface area contributed by atoms with Crippen LogP contribution in [0.2, 0.25) is 0 Å². The van der Waals surface area contributed by atoms with Crippen molar-refractivity contribution in [3.63, 3.8) is 0 Å². The van der Waals surface area contributed by atoms with Crippen LogP contribution in [0, 0.1) is 5.41 Å². The average Bonchev–Trinajstić information content (AvgIpc) is 2.66. The molecule has 12 heavy (non-hydrogen) atoms. The number of aliphatic hydroxyl groups is 1. The molecule has 0 bridgehead atoms. The van der Waals surface area contributed by atoms with Crippen LogP contribution < -0.4 is 5.32 Å². The van der Waals surface area contributed by atoms with Gasteiger partial charge in [-0.3, -0.25) is 0 Å². The maximum Gasteiger partial charge on any atom is 0.404 e. The van der Waals surface area contributed by atoms with Gasteiger partial charge in [-0.05, 0) is 24.7 Å². The number of carboxylic acid groups (broad SMARTS) is 1. The molecule has 3 N–H and O–H groups in total. The van der Waals surface area contributed by atoms with E-state index in [1.807, 2.05) is 0 Å². The minimum Gasteiger partial charge on any atom is -0.465 e. The summed E-state index contributed by atoms with van der Waals surface area (Å²) < 4.78 is 0. The molecule has 1 saturated carbocycles. The SMILES string of the molecule is CC1(CC(CO)NC(=O)O)CC1. The van der Waals surface area contributed by atoms with E-state index in [-0.39, 0.29) is 18.1 Å². The van der Waals surface area contributed by atoms with Gasteiger partial charge in [0.1, 0.15) is 0 Å². The predicted molar refractivity (Wildman–Crippen MR) is 44.0 cm³/mol. The van der Waals surface area contributed by atoms with Gasteiger partial charge < -0.3 is 15.5 Å². The smallest absolute Gasteiger partial charge is 0.404 e. The van der Waals surface area contributed by atoms with Crippen molar-refractivity contribution in [3.05, 3.63) is 0 Å². The zero-order valence-corrected chi connectivity index (χ0v) is 7.21. The van der Waals surface area contributed by atoms with Crippen molar-refractivity contribution < 1.29 is 15.0 Å². The minimum atomic E-state index is -1.06. The fraction of sp³-hybridized carbons (Fsp3) is 0.875. The molecular weight excluding hydrogens is 158 g/mol. The van der Waals surface area contributed by atoms with E-state index < -0.39 is 6.09 Å². The molecule has 1 fully saturated rings. The van der Waals surface area contributed by atoms with Gasteiger partial charge in [0.05, 0.1) is 12.6 Å². The third-order valence-electron chi connectivity index (χ3n) is 2.39. The molecular formula is C8H15NO3. The van der Waals surface area contributed by atoms with Gasteiger partial charge in [-0.15, -0.1) is 0 Å². The highest BCUT2D eigenvalue weighted by Crippen LogP contribution is 2.48. The van der Waals surface area contributed by atoms with E-state index in [1.54, 1.807) is 0 Å². The molecule has 1 rings (SSSR count). The monoisotopic (exact) mass is 173 g/mol. The zero-order valence-electron chi connectivity index (χ0n) is 7.21. The van der Waals surface area contributed by atoms with Crippen molar-refractivity contribution in [2.75, 3.05) is 6.61 Å². The van der Waals surface area contributed by atoms with Crippen LogP contribution in [0.3, 0.4) is 0 Å². The molecule has 1 aliphatic carbocycles. The molecule has 0 radical (unpaired) electrons. The first-order valence-electron chi connectivity index (χ1n) is 4.16. The van der Waals surface area contributed by atoms with Crippen molar-refractivity contribution in [1.82, 2.24) is 5.32 Å². The summed E-state index contributed by atoms with van der Waals surface area (Å²) in [6.07, 6.45) is 1.98. The lowest BCUT2D eigenvalue weighted by molar-refractivity contribution is 0.170. The van der Waals surface area contributed by atoms with Crippen molar-refractivity contribution >= 4 is 6.09 Å². The highest BCUT2D eigenvalue weighted by Gasteiger charge is 2.39. The first kappa shape index (κ1) is 9.32. The Hall–Kier alpha value is -0.770. The van der Waals surface area contributed by atoms with Crippen LogP contribution in [-0.2, 0) is 0 Å². The molecule has 0 spiro atoms. The summed E-state index contributed by atoms with van der Waals surface area (Å²) >= 11 is 0. The number of hydrogen-bond donors (Lipinski definition) is 3. The van der Waals surface area contributed by atoms with Gasteiger partial charge >= 0.3 is 6.09 Å². The lowest BCUT2D eigenvalue weighted by atomic mass is 10.00. The molecule has 4 nitrogen and oxygen atoms in total. The Kier molecular flexibility index (Phi) is 2.57. The number of amides is 1. The fourth-order valence-electron chi connectivity index (χ4n) is 1.35. The molecule has 4 heteroatoms. The molecule has 1 aliphatic rings. The Balaban J connectivity index is 2.30. The standard InChI is InChI=1S/C8H15NO3/c1-8(2-3-8)4-6(5-10)9-7(11)12/h6,9-10H,2-5H2,1H3,(H,11,12).